The minimum atomic E-state index is -4.44. The Hall–Kier alpha value is -2.11. The van der Waals surface area contributed by atoms with E-state index in [-0.39, 0.29) is 42.2 Å². The third-order valence-corrected chi connectivity index (χ3v) is 6.79. The molecule has 0 bridgehead atoms. The summed E-state index contributed by atoms with van der Waals surface area (Å²) < 4.78 is 54.3. The molecule has 1 aliphatic heterocycles. The third-order valence-electron chi connectivity index (χ3n) is 4.65. The maximum absolute atomic E-state index is 14.4. The Labute approximate surface area is 176 Å². The molecular formula is C19H19ClF2N2O5S. The number of anilines is 1. The van der Waals surface area contributed by atoms with E-state index < -0.39 is 44.7 Å². The van der Waals surface area contributed by atoms with Crippen LogP contribution in [0.3, 0.4) is 0 Å². The van der Waals surface area contributed by atoms with E-state index >= 15 is 0 Å². The summed E-state index contributed by atoms with van der Waals surface area (Å²) in [6.07, 6.45) is -1.60. The number of sulfonamides is 1. The molecule has 162 valence electrons. The van der Waals surface area contributed by atoms with E-state index in [4.69, 9.17) is 11.6 Å². The molecule has 1 heterocycles. The molecule has 0 aliphatic carbocycles. The highest BCUT2D eigenvalue weighted by atomic mass is 35.5. The van der Waals surface area contributed by atoms with Gasteiger partial charge in [-0.1, -0.05) is 11.6 Å². The first-order valence-electron chi connectivity index (χ1n) is 9.00. The number of β-amino-alcohol motifs (C(OH)–C–C–N with tert-alkyl or cyclic N) is 2. The Morgan fingerprint density at radius 1 is 1.03 bits per heavy atom. The molecule has 1 fully saturated rings. The van der Waals surface area contributed by atoms with Crippen LogP contribution in [0.1, 0.15) is 23.2 Å². The molecule has 11 heteroatoms. The fourth-order valence-corrected chi connectivity index (χ4v) is 4.85. The lowest BCUT2D eigenvalue weighted by Crippen LogP contribution is -2.39. The zero-order chi connectivity index (χ0) is 22.1. The molecule has 30 heavy (non-hydrogen) atoms. The van der Waals surface area contributed by atoms with Gasteiger partial charge in [0, 0.05) is 24.3 Å². The smallest absolute Gasteiger partial charge is 0.255 e. The Bertz CT molecular complexity index is 1050. The second-order valence-electron chi connectivity index (χ2n) is 6.94. The van der Waals surface area contributed by atoms with Crippen LogP contribution in [-0.2, 0) is 10.0 Å². The second kappa shape index (κ2) is 8.94. The molecule has 1 aliphatic rings. The van der Waals surface area contributed by atoms with Crippen LogP contribution in [0.15, 0.2) is 41.3 Å². The lowest BCUT2D eigenvalue weighted by molar-refractivity contribution is 0.102. The van der Waals surface area contributed by atoms with Crippen LogP contribution >= 0.6 is 11.6 Å². The van der Waals surface area contributed by atoms with Crippen molar-refractivity contribution in [3.05, 3.63) is 58.6 Å². The molecule has 0 aromatic heterocycles. The van der Waals surface area contributed by atoms with Gasteiger partial charge in [-0.25, -0.2) is 17.2 Å². The quantitative estimate of drug-likeness (QED) is 0.649. The molecule has 3 N–H and O–H groups in total. The molecule has 0 saturated carbocycles. The van der Waals surface area contributed by atoms with Crippen LogP contribution < -0.4 is 5.32 Å². The summed E-state index contributed by atoms with van der Waals surface area (Å²) in [4.78, 5) is 11.7. The fourth-order valence-electron chi connectivity index (χ4n) is 3.07. The Morgan fingerprint density at radius 3 is 2.23 bits per heavy atom. The molecule has 3 rings (SSSR count). The van der Waals surface area contributed by atoms with Gasteiger partial charge in [0.15, 0.2) is 0 Å². The number of nitrogens with one attached hydrogen (secondary N) is 1. The molecule has 0 spiro atoms. The molecule has 7 nitrogen and oxygen atoms in total. The van der Waals surface area contributed by atoms with Crippen LogP contribution in [-0.4, -0.2) is 54.1 Å². The van der Waals surface area contributed by atoms with Gasteiger partial charge in [-0.15, -0.1) is 0 Å². The van der Waals surface area contributed by atoms with Crippen molar-refractivity contribution < 1.29 is 32.2 Å². The SMILES string of the molecule is O=C(Nc1ccc(F)c(Cl)c1)c1ccc(F)c(S(=O)(=O)N2CC(O)CC[C@@H](O)C2)c1. The molecule has 2 atom stereocenters. The average molecular weight is 461 g/mol. The van der Waals surface area contributed by atoms with Gasteiger partial charge in [0.25, 0.3) is 5.91 Å². The standard InChI is InChI=1S/C19H19ClF2N2O5S/c20-15-8-12(2-6-16(15)21)23-19(27)11-1-5-17(22)18(7-11)30(28,29)24-9-13(25)3-4-14(26)10-24/h1-2,5-8,13-14,25-26H,3-4,9-10H2,(H,23,27)/t13-,14?/m1/s1. The molecule has 0 radical (unpaired) electrons. The first-order chi connectivity index (χ1) is 14.1. The topological polar surface area (TPSA) is 107 Å². The lowest BCUT2D eigenvalue weighted by Gasteiger charge is -2.23. The van der Waals surface area contributed by atoms with Crippen LogP contribution in [0.2, 0.25) is 5.02 Å². The number of aliphatic hydroxyl groups is 2. The Balaban J connectivity index is 1.90. The number of carbonyl (C=O) groups is 1. The number of amides is 1. The first-order valence-corrected chi connectivity index (χ1v) is 10.8. The zero-order valence-electron chi connectivity index (χ0n) is 15.6. The summed E-state index contributed by atoms with van der Waals surface area (Å²) in [7, 11) is -4.44. The van der Waals surface area contributed by atoms with Crippen LogP contribution in [0.25, 0.3) is 0 Å². The van der Waals surface area contributed by atoms with Crippen molar-refractivity contribution in [1.29, 1.82) is 0 Å². The number of carbonyl (C=O) groups excluding carboxylic acids is 1. The molecule has 2 aromatic rings. The second-order valence-corrected chi connectivity index (χ2v) is 9.25. The van der Waals surface area contributed by atoms with E-state index in [2.05, 4.69) is 5.32 Å². The normalized spacial score (nSPS) is 20.6. The predicted molar refractivity (Wildman–Crippen MR) is 106 cm³/mol. The predicted octanol–water partition coefficient (Wildman–Crippen LogP) is 2.38. The van der Waals surface area contributed by atoms with Crippen molar-refractivity contribution in [2.45, 2.75) is 29.9 Å². The number of aliphatic hydroxyl groups excluding tert-OH is 2. The monoisotopic (exact) mass is 460 g/mol. The van der Waals surface area contributed by atoms with Crippen molar-refractivity contribution in [3.63, 3.8) is 0 Å². The number of benzene rings is 2. The van der Waals surface area contributed by atoms with Crippen molar-refractivity contribution in [3.8, 4) is 0 Å². The molecule has 1 unspecified atom stereocenters. The summed E-state index contributed by atoms with van der Waals surface area (Å²) in [5.41, 5.74) is 0.00485. The van der Waals surface area contributed by atoms with Crippen molar-refractivity contribution in [2.24, 2.45) is 0 Å². The largest absolute Gasteiger partial charge is 0.392 e. The highest BCUT2D eigenvalue weighted by molar-refractivity contribution is 7.89. The number of nitrogens with zero attached hydrogens (tertiary/aromatic N) is 1. The summed E-state index contributed by atoms with van der Waals surface area (Å²) in [6.45, 7) is -0.604. The van der Waals surface area contributed by atoms with Crippen LogP contribution in [0.4, 0.5) is 14.5 Å². The van der Waals surface area contributed by atoms with E-state index in [0.717, 1.165) is 28.6 Å². The zero-order valence-corrected chi connectivity index (χ0v) is 17.1. The summed E-state index contributed by atoms with van der Waals surface area (Å²) in [5.74, 6) is -2.51. The molecule has 1 amide bonds. The van der Waals surface area contributed by atoms with Gasteiger partial charge in [-0.2, -0.15) is 4.31 Å². The van der Waals surface area contributed by atoms with Gasteiger partial charge < -0.3 is 15.5 Å². The van der Waals surface area contributed by atoms with E-state index in [9.17, 15) is 32.2 Å². The van der Waals surface area contributed by atoms with E-state index in [1.54, 1.807) is 0 Å². The molecule has 1 saturated heterocycles. The number of rotatable bonds is 4. The van der Waals surface area contributed by atoms with Crippen molar-refractivity contribution >= 4 is 33.2 Å². The van der Waals surface area contributed by atoms with Gasteiger partial charge in [0.2, 0.25) is 10.0 Å². The Morgan fingerprint density at radius 2 is 1.63 bits per heavy atom. The third kappa shape index (κ3) is 4.96. The van der Waals surface area contributed by atoms with Gasteiger partial charge >= 0.3 is 0 Å². The maximum Gasteiger partial charge on any atom is 0.255 e. The van der Waals surface area contributed by atoms with Crippen molar-refractivity contribution in [2.75, 3.05) is 18.4 Å². The van der Waals surface area contributed by atoms with Crippen molar-refractivity contribution in [1.82, 2.24) is 4.31 Å². The fraction of sp³-hybridized carbons (Fsp3) is 0.316. The summed E-state index contributed by atoms with van der Waals surface area (Å²) >= 11 is 5.67. The maximum atomic E-state index is 14.4. The number of hydrogen-bond donors (Lipinski definition) is 3. The minimum absolute atomic E-state index is 0.161. The van der Waals surface area contributed by atoms with Gasteiger partial charge in [-0.3, -0.25) is 4.79 Å². The summed E-state index contributed by atoms with van der Waals surface area (Å²) in [5, 5.41) is 22.0. The van der Waals surface area contributed by atoms with Crippen LogP contribution in [0.5, 0.6) is 0 Å². The van der Waals surface area contributed by atoms with Gasteiger partial charge in [0.1, 0.15) is 16.5 Å². The van der Waals surface area contributed by atoms with Crippen LogP contribution in [0, 0.1) is 11.6 Å². The average Bonchev–Trinajstić information content (AvgIpc) is 2.86. The molecule has 2 aromatic carbocycles. The van der Waals surface area contributed by atoms with E-state index in [1.165, 1.54) is 12.1 Å². The number of hydrogen-bond acceptors (Lipinski definition) is 5. The number of halogens is 3. The lowest BCUT2D eigenvalue weighted by atomic mass is 10.1. The molecular weight excluding hydrogens is 442 g/mol. The van der Waals surface area contributed by atoms with Gasteiger partial charge in [0.05, 0.1) is 17.2 Å². The highest BCUT2D eigenvalue weighted by Gasteiger charge is 2.33. The first kappa shape index (κ1) is 22.6. The Kier molecular flexibility index (Phi) is 6.73. The van der Waals surface area contributed by atoms with E-state index in [0.29, 0.717) is 0 Å². The minimum Gasteiger partial charge on any atom is -0.392 e. The van der Waals surface area contributed by atoms with Gasteiger partial charge in [-0.05, 0) is 49.2 Å². The highest BCUT2D eigenvalue weighted by Crippen LogP contribution is 2.25. The van der Waals surface area contributed by atoms with E-state index in [1.807, 2.05) is 0 Å². The summed E-state index contributed by atoms with van der Waals surface area (Å²) in [6, 6.07) is 6.30.